The maximum Gasteiger partial charge on any atom is 0.0687 e. The van der Waals surface area contributed by atoms with E-state index in [0.29, 0.717) is 13.1 Å². The van der Waals surface area contributed by atoms with Crippen LogP contribution >= 0.6 is 0 Å². The molecule has 2 N–H and O–H groups in total. The summed E-state index contributed by atoms with van der Waals surface area (Å²) in [7, 11) is 0. The van der Waals surface area contributed by atoms with Crippen molar-refractivity contribution in [3.63, 3.8) is 0 Å². The van der Waals surface area contributed by atoms with Gasteiger partial charge >= 0.3 is 0 Å². The van der Waals surface area contributed by atoms with E-state index in [2.05, 4.69) is 18.2 Å². The minimum atomic E-state index is -0.409. The number of anilines is 1. The van der Waals surface area contributed by atoms with Gasteiger partial charge in [-0.05, 0) is 44.9 Å². The minimum Gasteiger partial charge on any atom is -0.392 e. The van der Waals surface area contributed by atoms with Gasteiger partial charge in [0, 0.05) is 18.8 Å². The van der Waals surface area contributed by atoms with Crippen LogP contribution in [0.2, 0.25) is 0 Å². The van der Waals surface area contributed by atoms with E-state index in [1.54, 1.807) is 13.8 Å². The summed E-state index contributed by atoms with van der Waals surface area (Å²) in [5.74, 6) is 0. The molecule has 1 aromatic carbocycles. The zero-order chi connectivity index (χ0) is 13.0. The molecule has 0 aliphatic carbocycles. The number of nitrogens with zero attached hydrogens (tertiary/aromatic N) is 1. The molecule has 0 aromatic heterocycles. The summed E-state index contributed by atoms with van der Waals surface area (Å²) >= 11 is 0. The molecular formula is C14H23NO2. The fraction of sp³-hybridized carbons (Fsp3) is 0.571. The summed E-state index contributed by atoms with van der Waals surface area (Å²) in [5, 5.41) is 19.1. The third-order valence-corrected chi connectivity index (χ3v) is 2.67. The van der Waals surface area contributed by atoms with Crippen LogP contribution in [0.5, 0.6) is 0 Å². The van der Waals surface area contributed by atoms with E-state index in [0.717, 1.165) is 11.3 Å². The van der Waals surface area contributed by atoms with Crippen molar-refractivity contribution in [2.75, 3.05) is 18.0 Å². The summed E-state index contributed by atoms with van der Waals surface area (Å²) in [5.41, 5.74) is 3.44. The van der Waals surface area contributed by atoms with Gasteiger partial charge in [-0.15, -0.1) is 0 Å². The first-order valence-corrected chi connectivity index (χ1v) is 6.08. The maximum absolute atomic E-state index is 9.53. The van der Waals surface area contributed by atoms with Gasteiger partial charge < -0.3 is 15.1 Å². The highest BCUT2D eigenvalue weighted by Crippen LogP contribution is 2.22. The molecule has 0 amide bonds. The average molecular weight is 237 g/mol. The van der Waals surface area contributed by atoms with Gasteiger partial charge in [0.15, 0.2) is 0 Å². The summed E-state index contributed by atoms with van der Waals surface area (Å²) in [6.45, 7) is 8.70. The number of hydrogen-bond acceptors (Lipinski definition) is 3. The molecule has 0 radical (unpaired) electrons. The molecule has 2 atom stereocenters. The van der Waals surface area contributed by atoms with Gasteiger partial charge in [-0.3, -0.25) is 0 Å². The van der Waals surface area contributed by atoms with Crippen LogP contribution in [0, 0.1) is 13.8 Å². The Bertz CT molecular complexity index is 351. The van der Waals surface area contributed by atoms with Crippen molar-refractivity contribution in [3.8, 4) is 0 Å². The number of rotatable bonds is 5. The van der Waals surface area contributed by atoms with Crippen LogP contribution in [0.1, 0.15) is 25.0 Å². The molecule has 0 saturated carbocycles. The van der Waals surface area contributed by atoms with Gasteiger partial charge in [0.2, 0.25) is 0 Å². The Morgan fingerprint density at radius 1 is 1.06 bits per heavy atom. The van der Waals surface area contributed by atoms with Gasteiger partial charge in [-0.25, -0.2) is 0 Å². The van der Waals surface area contributed by atoms with Crippen molar-refractivity contribution in [1.82, 2.24) is 0 Å². The lowest BCUT2D eigenvalue weighted by atomic mass is 10.1. The topological polar surface area (TPSA) is 43.7 Å². The normalized spacial score (nSPS) is 14.5. The van der Waals surface area contributed by atoms with E-state index in [1.165, 1.54) is 5.56 Å². The molecule has 1 aromatic rings. The molecule has 0 aliphatic rings. The van der Waals surface area contributed by atoms with Crippen LogP contribution in [0.25, 0.3) is 0 Å². The molecule has 0 heterocycles. The predicted molar refractivity (Wildman–Crippen MR) is 71.5 cm³/mol. The molecule has 1 rings (SSSR count). The first-order valence-electron chi connectivity index (χ1n) is 6.08. The number of aliphatic hydroxyl groups excluding tert-OH is 2. The highest BCUT2D eigenvalue weighted by molar-refractivity contribution is 5.55. The monoisotopic (exact) mass is 237 g/mol. The van der Waals surface area contributed by atoms with E-state index in [4.69, 9.17) is 0 Å². The number of aryl methyl sites for hydroxylation is 2. The molecule has 0 spiro atoms. The van der Waals surface area contributed by atoms with Gasteiger partial charge in [0.05, 0.1) is 12.2 Å². The summed E-state index contributed by atoms with van der Waals surface area (Å²) in [6.07, 6.45) is -0.817. The second-order valence-electron chi connectivity index (χ2n) is 4.89. The summed E-state index contributed by atoms with van der Waals surface area (Å²) < 4.78 is 0. The van der Waals surface area contributed by atoms with Crippen molar-refractivity contribution in [3.05, 3.63) is 29.3 Å². The first-order chi connectivity index (χ1) is 7.90. The molecule has 0 aliphatic heterocycles. The van der Waals surface area contributed by atoms with Gasteiger partial charge in [0.25, 0.3) is 0 Å². The molecule has 0 saturated heterocycles. The second kappa shape index (κ2) is 6.03. The summed E-state index contributed by atoms with van der Waals surface area (Å²) in [4.78, 5) is 2.04. The Morgan fingerprint density at radius 2 is 1.59 bits per heavy atom. The fourth-order valence-corrected chi connectivity index (χ4v) is 1.97. The standard InChI is InChI=1S/C14H23NO2/c1-10-5-6-11(2)14(7-10)15(8-12(3)16)9-13(4)17/h5-7,12-13,16-17H,8-9H2,1-4H3. The lowest BCUT2D eigenvalue weighted by Crippen LogP contribution is -2.36. The van der Waals surface area contributed by atoms with Crippen LogP contribution in [-0.2, 0) is 0 Å². The van der Waals surface area contributed by atoms with Crippen LogP contribution in [0.15, 0.2) is 18.2 Å². The molecule has 0 fully saturated rings. The van der Waals surface area contributed by atoms with Crippen LogP contribution in [-0.4, -0.2) is 35.5 Å². The second-order valence-corrected chi connectivity index (χ2v) is 4.89. The van der Waals surface area contributed by atoms with Crippen molar-refractivity contribution in [2.45, 2.75) is 39.9 Å². The van der Waals surface area contributed by atoms with Crippen molar-refractivity contribution in [2.24, 2.45) is 0 Å². The highest BCUT2D eigenvalue weighted by atomic mass is 16.3. The van der Waals surface area contributed by atoms with E-state index in [-0.39, 0.29) is 0 Å². The molecule has 2 unspecified atom stereocenters. The number of hydrogen-bond donors (Lipinski definition) is 2. The Hall–Kier alpha value is -1.06. The Balaban J connectivity index is 2.98. The SMILES string of the molecule is Cc1ccc(C)c(N(CC(C)O)CC(C)O)c1. The lowest BCUT2D eigenvalue weighted by molar-refractivity contribution is 0.178. The fourth-order valence-electron chi connectivity index (χ4n) is 1.97. The van der Waals surface area contributed by atoms with Crippen molar-refractivity contribution < 1.29 is 10.2 Å². The maximum atomic E-state index is 9.53. The minimum absolute atomic E-state index is 0.409. The molecule has 96 valence electrons. The molecule has 3 heteroatoms. The van der Waals surface area contributed by atoms with Crippen molar-refractivity contribution >= 4 is 5.69 Å². The predicted octanol–water partition coefficient (Wildman–Crippen LogP) is 1.87. The van der Waals surface area contributed by atoms with E-state index in [9.17, 15) is 10.2 Å². The Morgan fingerprint density at radius 3 is 2.06 bits per heavy atom. The number of aliphatic hydroxyl groups is 2. The highest BCUT2D eigenvalue weighted by Gasteiger charge is 2.13. The van der Waals surface area contributed by atoms with Crippen molar-refractivity contribution in [1.29, 1.82) is 0 Å². The lowest BCUT2D eigenvalue weighted by Gasteiger charge is -2.29. The zero-order valence-corrected chi connectivity index (χ0v) is 11.1. The number of benzene rings is 1. The molecule has 3 nitrogen and oxygen atoms in total. The van der Waals surface area contributed by atoms with Gasteiger partial charge in [-0.2, -0.15) is 0 Å². The average Bonchev–Trinajstić information content (AvgIpc) is 2.19. The summed E-state index contributed by atoms with van der Waals surface area (Å²) in [6, 6.07) is 6.24. The third-order valence-electron chi connectivity index (χ3n) is 2.67. The smallest absolute Gasteiger partial charge is 0.0687 e. The largest absolute Gasteiger partial charge is 0.392 e. The van der Waals surface area contributed by atoms with Crippen LogP contribution < -0.4 is 4.90 Å². The quantitative estimate of drug-likeness (QED) is 0.821. The molecule has 17 heavy (non-hydrogen) atoms. The van der Waals surface area contributed by atoms with E-state index >= 15 is 0 Å². The molecular weight excluding hydrogens is 214 g/mol. The third kappa shape index (κ3) is 4.36. The Labute approximate surface area is 104 Å². The van der Waals surface area contributed by atoms with E-state index < -0.39 is 12.2 Å². The Kier molecular flexibility index (Phi) is 4.97. The molecule has 0 bridgehead atoms. The van der Waals surface area contributed by atoms with Gasteiger partial charge in [-0.1, -0.05) is 12.1 Å². The van der Waals surface area contributed by atoms with Gasteiger partial charge in [0.1, 0.15) is 0 Å². The zero-order valence-electron chi connectivity index (χ0n) is 11.1. The van der Waals surface area contributed by atoms with Crippen LogP contribution in [0.3, 0.4) is 0 Å². The first kappa shape index (κ1) is 14.0. The van der Waals surface area contributed by atoms with E-state index in [1.807, 2.05) is 18.7 Å². The van der Waals surface area contributed by atoms with Crippen LogP contribution in [0.4, 0.5) is 5.69 Å².